The van der Waals surface area contributed by atoms with E-state index in [1.54, 1.807) is 52.5 Å². The number of hydrogen-bond acceptors (Lipinski definition) is 9. The van der Waals surface area contributed by atoms with E-state index in [0.717, 1.165) is 39.4 Å². The van der Waals surface area contributed by atoms with Crippen molar-refractivity contribution in [2.24, 2.45) is 0 Å². The van der Waals surface area contributed by atoms with Crippen molar-refractivity contribution < 1.29 is 30.9 Å². The van der Waals surface area contributed by atoms with Crippen molar-refractivity contribution >= 4 is 43.3 Å². The standard InChI is InChI=1S/C51H49N3O7S3/c55-63(56,54-27-29-62-30-28-54)44-20-12-19-41(31-44)35-53-43-24-26-46(49(33-43)61-37-40-17-8-3-9-18-40)51(47-21-10-11-22-50(47)64(57,58)59)45-25-23-42(52-34-38-13-4-1-5-14-38)32-48(45)60-36-39-15-6-2-7-16-39/h1-26,31-33,51-53H,27-30,34-37H2,(H,57,58,59). The Hall–Kier alpha value is -6.09. The highest BCUT2D eigenvalue weighted by Gasteiger charge is 2.30. The number of nitrogens with zero attached hydrogens (tertiary/aromatic N) is 1. The molecule has 7 aromatic rings. The van der Waals surface area contributed by atoms with Crippen LogP contribution >= 0.6 is 11.8 Å². The van der Waals surface area contributed by atoms with Gasteiger partial charge in [-0.25, -0.2) is 8.42 Å². The number of ether oxygens (including phenoxy) is 2. The maximum absolute atomic E-state index is 13.5. The molecule has 8 rings (SSSR count). The van der Waals surface area contributed by atoms with Gasteiger partial charge in [-0.15, -0.1) is 0 Å². The molecular weight excluding hydrogens is 863 g/mol. The monoisotopic (exact) mass is 911 g/mol. The molecule has 1 heterocycles. The lowest BCUT2D eigenvalue weighted by Crippen LogP contribution is -2.37. The zero-order valence-electron chi connectivity index (χ0n) is 35.0. The number of rotatable bonds is 18. The Morgan fingerprint density at radius 1 is 0.531 bits per heavy atom. The van der Waals surface area contributed by atoms with Crippen molar-refractivity contribution in [2.75, 3.05) is 35.2 Å². The SMILES string of the molecule is O=S(=O)(O)c1ccccc1C(c1ccc(NCc2ccccc2)cc1OCc1ccccc1)c1ccc(NCc2cccc(S(=O)(=O)N3CCSCC3)c2)cc1OCc1ccccc1. The minimum absolute atomic E-state index is 0.207. The summed E-state index contributed by atoms with van der Waals surface area (Å²) < 4.78 is 79.0. The van der Waals surface area contributed by atoms with Crippen LogP contribution < -0.4 is 20.1 Å². The molecule has 1 saturated heterocycles. The Kier molecular flexibility index (Phi) is 14.3. The maximum Gasteiger partial charge on any atom is 0.294 e. The highest BCUT2D eigenvalue weighted by Crippen LogP contribution is 2.45. The van der Waals surface area contributed by atoms with Crippen LogP contribution in [0.25, 0.3) is 0 Å². The minimum atomic E-state index is -4.70. The summed E-state index contributed by atoms with van der Waals surface area (Å²) in [5.74, 6) is 1.69. The molecule has 3 N–H and O–H groups in total. The van der Waals surface area contributed by atoms with Crippen LogP contribution in [0.4, 0.5) is 11.4 Å². The average Bonchev–Trinajstić information content (AvgIpc) is 3.33. The Morgan fingerprint density at radius 3 is 1.56 bits per heavy atom. The van der Waals surface area contributed by atoms with E-state index >= 15 is 0 Å². The zero-order chi connectivity index (χ0) is 44.4. The van der Waals surface area contributed by atoms with E-state index in [2.05, 4.69) is 10.6 Å². The summed E-state index contributed by atoms with van der Waals surface area (Å²) in [5.41, 5.74) is 6.84. The molecule has 0 amide bonds. The second kappa shape index (κ2) is 20.6. The summed E-state index contributed by atoms with van der Waals surface area (Å²) >= 11 is 1.75. The fraction of sp³-hybridized carbons (Fsp3) is 0.176. The second-order valence-corrected chi connectivity index (χ2v) is 19.9. The third-order valence-electron chi connectivity index (χ3n) is 11.0. The number of benzene rings is 7. The zero-order valence-corrected chi connectivity index (χ0v) is 37.5. The number of sulfonamides is 1. The number of anilines is 2. The van der Waals surface area contributed by atoms with E-state index in [1.807, 2.05) is 133 Å². The van der Waals surface area contributed by atoms with E-state index in [9.17, 15) is 21.4 Å². The van der Waals surface area contributed by atoms with Gasteiger partial charge in [-0.05, 0) is 58.1 Å². The second-order valence-electron chi connectivity index (χ2n) is 15.4. The lowest BCUT2D eigenvalue weighted by Gasteiger charge is -2.26. The Morgan fingerprint density at radius 2 is 1.02 bits per heavy atom. The lowest BCUT2D eigenvalue weighted by atomic mass is 9.83. The fourth-order valence-corrected chi connectivity index (χ4v) is 11.1. The molecule has 328 valence electrons. The highest BCUT2D eigenvalue weighted by atomic mass is 32.2. The van der Waals surface area contributed by atoms with Gasteiger partial charge in [0, 0.05) is 78.2 Å². The summed E-state index contributed by atoms with van der Waals surface area (Å²) in [5, 5.41) is 6.97. The van der Waals surface area contributed by atoms with Crippen LogP contribution in [0.2, 0.25) is 0 Å². The topological polar surface area (TPSA) is 134 Å². The molecule has 0 radical (unpaired) electrons. The van der Waals surface area contributed by atoms with Crippen LogP contribution in [0.3, 0.4) is 0 Å². The van der Waals surface area contributed by atoms with Crippen LogP contribution in [0.5, 0.6) is 11.5 Å². The van der Waals surface area contributed by atoms with Gasteiger partial charge in [0.05, 0.1) is 9.79 Å². The largest absolute Gasteiger partial charge is 0.489 e. The molecule has 0 spiro atoms. The molecule has 0 aromatic heterocycles. The van der Waals surface area contributed by atoms with Crippen molar-refractivity contribution in [1.29, 1.82) is 0 Å². The van der Waals surface area contributed by atoms with Crippen molar-refractivity contribution in [2.45, 2.75) is 42.0 Å². The average molecular weight is 912 g/mol. The molecule has 13 heteroatoms. The smallest absolute Gasteiger partial charge is 0.294 e. The molecule has 1 atom stereocenters. The summed E-state index contributed by atoms with van der Waals surface area (Å²) in [6.45, 7) is 2.30. The Balaban J connectivity index is 1.20. The van der Waals surface area contributed by atoms with Crippen LogP contribution in [0.15, 0.2) is 186 Å². The molecular formula is C51H49N3O7S3. The molecule has 1 fully saturated rings. The predicted octanol–water partition coefficient (Wildman–Crippen LogP) is 10.2. The third-order valence-corrected chi connectivity index (χ3v) is 14.7. The van der Waals surface area contributed by atoms with Crippen LogP contribution in [-0.2, 0) is 46.4 Å². The van der Waals surface area contributed by atoms with E-state index in [-0.39, 0.29) is 23.0 Å². The van der Waals surface area contributed by atoms with Crippen molar-refractivity contribution in [1.82, 2.24) is 4.31 Å². The summed E-state index contributed by atoms with van der Waals surface area (Å²) in [6.07, 6.45) is 0. The summed E-state index contributed by atoms with van der Waals surface area (Å²) in [4.78, 5) is 0.0162. The highest BCUT2D eigenvalue weighted by molar-refractivity contribution is 7.99. The van der Waals surface area contributed by atoms with Gasteiger partial charge in [-0.2, -0.15) is 24.5 Å². The van der Waals surface area contributed by atoms with E-state index in [0.29, 0.717) is 60.1 Å². The number of nitrogens with one attached hydrogen (secondary N) is 2. The molecule has 0 saturated carbocycles. The molecule has 1 aliphatic heterocycles. The molecule has 0 aliphatic carbocycles. The van der Waals surface area contributed by atoms with E-state index in [4.69, 9.17) is 9.47 Å². The maximum atomic E-state index is 13.5. The molecule has 1 aliphatic rings. The number of thioether (sulfide) groups is 1. The fourth-order valence-electron chi connectivity index (χ4n) is 7.70. The summed E-state index contributed by atoms with van der Waals surface area (Å²) in [7, 11) is -8.34. The quantitative estimate of drug-likeness (QED) is 0.0564. The van der Waals surface area contributed by atoms with Crippen molar-refractivity contribution in [3.8, 4) is 11.5 Å². The third kappa shape index (κ3) is 11.2. The van der Waals surface area contributed by atoms with Crippen LogP contribution in [0.1, 0.15) is 44.9 Å². The molecule has 0 bridgehead atoms. The Labute approximate surface area is 380 Å². The van der Waals surface area contributed by atoms with E-state index < -0.39 is 26.1 Å². The van der Waals surface area contributed by atoms with Gasteiger partial charge >= 0.3 is 0 Å². The van der Waals surface area contributed by atoms with Gasteiger partial charge < -0.3 is 20.1 Å². The van der Waals surface area contributed by atoms with Gasteiger partial charge in [0.15, 0.2) is 0 Å². The van der Waals surface area contributed by atoms with Gasteiger partial charge in [-0.3, -0.25) is 4.55 Å². The minimum Gasteiger partial charge on any atom is -0.489 e. The van der Waals surface area contributed by atoms with Crippen LogP contribution in [-0.4, -0.2) is 50.3 Å². The molecule has 64 heavy (non-hydrogen) atoms. The molecule has 7 aromatic carbocycles. The molecule has 1 unspecified atom stereocenters. The van der Waals surface area contributed by atoms with Crippen molar-refractivity contribution in [3.63, 3.8) is 0 Å². The number of hydrogen-bond donors (Lipinski definition) is 3. The van der Waals surface area contributed by atoms with Gasteiger partial charge in [0.2, 0.25) is 10.0 Å². The van der Waals surface area contributed by atoms with Crippen molar-refractivity contribution in [3.05, 3.63) is 215 Å². The lowest BCUT2D eigenvalue weighted by molar-refractivity contribution is 0.298. The molecule has 10 nitrogen and oxygen atoms in total. The first kappa shape index (κ1) is 44.5. The van der Waals surface area contributed by atoms with Gasteiger partial charge in [0.1, 0.15) is 24.7 Å². The van der Waals surface area contributed by atoms with E-state index in [1.165, 1.54) is 6.07 Å². The predicted molar refractivity (Wildman–Crippen MR) is 255 cm³/mol. The van der Waals surface area contributed by atoms with Crippen LogP contribution in [0, 0.1) is 0 Å². The first-order valence-corrected chi connectivity index (χ1v) is 25.0. The normalized spacial score (nSPS) is 13.8. The first-order chi connectivity index (χ1) is 31.1. The van der Waals surface area contributed by atoms with Gasteiger partial charge in [0.25, 0.3) is 10.1 Å². The van der Waals surface area contributed by atoms with Gasteiger partial charge in [-0.1, -0.05) is 133 Å². The Bertz CT molecular complexity index is 2880. The first-order valence-electron chi connectivity index (χ1n) is 21.0. The summed E-state index contributed by atoms with van der Waals surface area (Å²) in [6, 6.07) is 54.4.